The summed E-state index contributed by atoms with van der Waals surface area (Å²) in [7, 11) is 0. The largest absolute Gasteiger partial charge is 0.353 e. The van der Waals surface area contributed by atoms with E-state index in [4.69, 9.17) is 0 Å². The molecule has 3 nitrogen and oxygen atoms in total. The number of amides is 1. The first-order chi connectivity index (χ1) is 9.29. The van der Waals surface area contributed by atoms with E-state index in [2.05, 4.69) is 17.6 Å². The van der Waals surface area contributed by atoms with Crippen LogP contribution in [0.4, 0.5) is 0 Å². The molecule has 0 aromatic heterocycles. The van der Waals surface area contributed by atoms with Gasteiger partial charge in [0, 0.05) is 12.0 Å². The van der Waals surface area contributed by atoms with E-state index in [-0.39, 0.29) is 12.4 Å². The highest BCUT2D eigenvalue weighted by atomic mass is 35.5. The van der Waals surface area contributed by atoms with Gasteiger partial charge >= 0.3 is 0 Å². The van der Waals surface area contributed by atoms with Gasteiger partial charge in [0.15, 0.2) is 0 Å². The summed E-state index contributed by atoms with van der Waals surface area (Å²) in [5.74, 6) is 1.52. The summed E-state index contributed by atoms with van der Waals surface area (Å²) in [6.45, 7) is 4.36. The molecule has 4 heteroatoms. The number of halogens is 1. The molecule has 0 aromatic carbocycles. The third-order valence-electron chi connectivity index (χ3n) is 4.87. The van der Waals surface area contributed by atoms with Crippen molar-refractivity contribution < 1.29 is 4.79 Å². The third kappa shape index (κ3) is 5.61. The number of unbranched alkanes of at least 4 members (excludes halogenated alkanes) is 1. The molecule has 0 unspecified atom stereocenters. The van der Waals surface area contributed by atoms with Crippen LogP contribution in [0.1, 0.15) is 64.7 Å². The predicted octanol–water partition coefficient (Wildman–Crippen LogP) is 3.27. The van der Waals surface area contributed by atoms with Crippen LogP contribution in [0.5, 0.6) is 0 Å². The van der Waals surface area contributed by atoms with Crippen molar-refractivity contribution in [1.82, 2.24) is 10.6 Å². The summed E-state index contributed by atoms with van der Waals surface area (Å²) < 4.78 is 0. The van der Waals surface area contributed by atoms with Gasteiger partial charge in [0.1, 0.15) is 0 Å². The molecule has 118 valence electrons. The van der Waals surface area contributed by atoms with Crippen LogP contribution in [0, 0.1) is 11.8 Å². The fourth-order valence-corrected chi connectivity index (χ4v) is 3.49. The molecular weight excluding hydrogens is 272 g/mol. The molecule has 1 aliphatic heterocycles. The number of carbonyl (C=O) groups excluding carboxylic acids is 1. The van der Waals surface area contributed by atoms with E-state index in [1.807, 2.05) is 0 Å². The molecule has 0 bridgehead atoms. The maximum Gasteiger partial charge on any atom is 0.223 e. The monoisotopic (exact) mass is 302 g/mol. The van der Waals surface area contributed by atoms with Crippen molar-refractivity contribution in [3.05, 3.63) is 0 Å². The minimum absolute atomic E-state index is 0. The molecule has 0 aromatic rings. The smallest absolute Gasteiger partial charge is 0.223 e. The number of nitrogens with one attached hydrogen (secondary N) is 2. The van der Waals surface area contributed by atoms with Crippen molar-refractivity contribution in [3.63, 3.8) is 0 Å². The Hall–Kier alpha value is -0.280. The van der Waals surface area contributed by atoms with Crippen molar-refractivity contribution >= 4 is 18.3 Å². The molecule has 1 amide bonds. The van der Waals surface area contributed by atoms with Gasteiger partial charge in [0.2, 0.25) is 5.91 Å². The second kappa shape index (κ2) is 9.62. The lowest BCUT2D eigenvalue weighted by atomic mass is 9.79. The normalized spacial score (nSPS) is 27.6. The Morgan fingerprint density at radius 3 is 2.35 bits per heavy atom. The molecule has 1 aliphatic carbocycles. The summed E-state index contributed by atoms with van der Waals surface area (Å²) in [6.07, 6.45) is 11.0. The van der Waals surface area contributed by atoms with Crippen LogP contribution in [-0.2, 0) is 4.79 Å². The second-order valence-corrected chi connectivity index (χ2v) is 6.39. The molecule has 0 atom stereocenters. The maximum atomic E-state index is 12.3. The fraction of sp³-hybridized carbons (Fsp3) is 0.938. The zero-order chi connectivity index (χ0) is 13.5. The van der Waals surface area contributed by atoms with Crippen molar-refractivity contribution in [1.29, 1.82) is 0 Å². The highest BCUT2D eigenvalue weighted by molar-refractivity contribution is 5.85. The number of rotatable bonds is 5. The quantitative estimate of drug-likeness (QED) is 0.818. The van der Waals surface area contributed by atoms with Gasteiger partial charge in [-0.2, -0.15) is 0 Å². The Kier molecular flexibility index (Phi) is 8.55. The zero-order valence-corrected chi connectivity index (χ0v) is 13.6. The minimum atomic E-state index is 0. The lowest BCUT2D eigenvalue weighted by Crippen LogP contribution is -2.45. The number of hydrogen-bond acceptors (Lipinski definition) is 2. The van der Waals surface area contributed by atoms with Crippen LogP contribution in [0.2, 0.25) is 0 Å². The number of piperidine rings is 1. The van der Waals surface area contributed by atoms with Gasteiger partial charge in [0.05, 0.1) is 0 Å². The minimum Gasteiger partial charge on any atom is -0.353 e. The highest BCUT2D eigenvalue weighted by Gasteiger charge is 2.27. The lowest BCUT2D eigenvalue weighted by Gasteiger charge is -2.30. The van der Waals surface area contributed by atoms with E-state index in [1.165, 1.54) is 32.1 Å². The first-order valence-corrected chi connectivity index (χ1v) is 8.30. The molecule has 2 fully saturated rings. The van der Waals surface area contributed by atoms with Gasteiger partial charge in [-0.05, 0) is 57.5 Å². The topological polar surface area (TPSA) is 41.1 Å². The van der Waals surface area contributed by atoms with Gasteiger partial charge < -0.3 is 10.6 Å². The van der Waals surface area contributed by atoms with Crippen molar-refractivity contribution in [2.75, 3.05) is 13.1 Å². The molecule has 2 rings (SSSR count). The fourth-order valence-electron chi connectivity index (χ4n) is 3.49. The SMILES string of the molecule is CCCCC1CCC(C(=O)NC2CCNCC2)CC1.Cl. The standard InChI is InChI=1S/C16H30N2O.ClH/c1-2-3-4-13-5-7-14(8-6-13)16(19)18-15-9-11-17-12-10-15;/h13-15,17H,2-12H2,1H3,(H,18,19);1H. The van der Waals surface area contributed by atoms with Crippen molar-refractivity contribution in [3.8, 4) is 0 Å². The Balaban J connectivity index is 0.00000200. The van der Waals surface area contributed by atoms with Crippen LogP contribution in [0.15, 0.2) is 0 Å². The van der Waals surface area contributed by atoms with E-state index in [0.29, 0.717) is 17.9 Å². The Labute approximate surface area is 130 Å². The molecule has 2 N–H and O–H groups in total. The third-order valence-corrected chi connectivity index (χ3v) is 4.87. The Bertz CT molecular complexity index is 272. The van der Waals surface area contributed by atoms with E-state index < -0.39 is 0 Å². The molecule has 0 spiro atoms. The number of carbonyl (C=O) groups is 1. The lowest BCUT2D eigenvalue weighted by molar-refractivity contribution is -0.127. The van der Waals surface area contributed by atoms with Crippen LogP contribution in [-0.4, -0.2) is 25.0 Å². The summed E-state index contributed by atoms with van der Waals surface area (Å²) in [4.78, 5) is 12.3. The maximum absolute atomic E-state index is 12.3. The van der Waals surface area contributed by atoms with Crippen LogP contribution in [0.3, 0.4) is 0 Å². The van der Waals surface area contributed by atoms with Gasteiger partial charge in [0.25, 0.3) is 0 Å². The highest BCUT2D eigenvalue weighted by Crippen LogP contribution is 2.32. The molecule has 1 saturated heterocycles. The predicted molar refractivity (Wildman–Crippen MR) is 86.3 cm³/mol. The molecule has 2 aliphatic rings. The summed E-state index contributed by atoms with van der Waals surface area (Å²) in [5, 5.41) is 6.61. The molecular formula is C16H31ClN2O. The van der Waals surface area contributed by atoms with Gasteiger partial charge in [-0.15, -0.1) is 12.4 Å². The van der Waals surface area contributed by atoms with Crippen LogP contribution < -0.4 is 10.6 Å². The van der Waals surface area contributed by atoms with Gasteiger partial charge in [-0.25, -0.2) is 0 Å². The van der Waals surface area contributed by atoms with Crippen molar-refractivity contribution in [2.45, 2.75) is 70.8 Å². The Morgan fingerprint density at radius 1 is 1.10 bits per heavy atom. The van der Waals surface area contributed by atoms with E-state index in [0.717, 1.165) is 44.7 Å². The summed E-state index contributed by atoms with van der Waals surface area (Å²) >= 11 is 0. The average molecular weight is 303 g/mol. The van der Waals surface area contributed by atoms with E-state index in [1.54, 1.807) is 0 Å². The first-order valence-electron chi connectivity index (χ1n) is 8.30. The Morgan fingerprint density at radius 2 is 1.75 bits per heavy atom. The van der Waals surface area contributed by atoms with Crippen LogP contribution in [0.25, 0.3) is 0 Å². The first kappa shape index (κ1) is 17.8. The molecule has 20 heavy (non-hydrogen) atoms. The van der Waals surface area contributed by atoms with Crippen LogP contribution >= 0.6 is 12.4 Å². The van der Waals surface area contributed by atoms with Gasteiger partial charge in [-0.1, -0.05) is 26.2 Å². The van der Waals surface area contributed by atoms with E-state index in [9.17, 15) is 4.79 Å². The summed E-state index contributed by atoms with van der Waals surface area (Å²) in [6, 6.07) is 0.423. The average Bonchev–Trinajstić information content (AvgIpc) is 2.46. The summed E-state index contributed by atoms with van der Waals surface area (Å²) in [5.41, 5.74) is 0. The second-order valence-electron chi connectivity index (χ2n) is 6.39. The molecule has 1 saturated carbocycles. The zero-order valence-electron chi connectivity index (χ0n) is 12.8. The molecule has 0 radical (unpaired) electrons. The van der Waals surface area contributed by atoms with E-state index >= 15 is 0 Å². The van der Waals surface area contributed by atoms with Crippen molar-refractivity contribution in [2.24, 2.45) is 11.8 Å². The molecule has 1 heterocycles. The number of hydrogen-bond donors (Lipinski definition) is 2. The van der Waals surface area contributed by atoms with Gasteiger partial charge in [-0.3, -0.25) is 4.79 Å².